The lowest BCUT2D eigenvalue weighted by Crippen LogP contribution is -2.17. The van der Waals surface area contributed by atoms with Gasteiger partial charge in [0.15, 0.2) is 0 Å². The molecule has 20 heavy (non-hydrogen) atoms. The van der Waals surface area contributed by atoms with Gasteiger partial charge in [0.25, 0.3) is 0 Å². The van der Waals surface area contributed by atoms with E-state index in [0.29, 0.717) is 23.8 Å². The van der Waals surface area contributed by atoms with Crippen LogP contribution < -0.4 is 15.4 Å². The van der Waals surface area contributed by atoms with Crippen molar-refractivity contribution in [1.82, 2.24) is 15.0 Å². The Morgan fingerprint density at radius 2 is 1.55 bits per heavy atom. The Bertz CT molecular complexity index is 393. The summed E-state index contributed by atoms with van der Waals surface area (Å²) in [7, 11) is 0. The fourth-order valence-electron chi connectivity index (χ4n) is 1.75. The molecule has 1 aromatic rings. The van der Waals surface area contributed by atoms with Crippen LogP contribution in [0.15, 0.2) is 0 Å². The highest BCUT2D eigenvalue weighted by atomic mass is 16.5. The summed E-state index contributed by atoms with van der Waals surface area (Å²) >= 11 is 0. The van der Waals surface area contributed by atoms with Gasteiger partial charge >= 0.3 is 6.01 Å². The van der Waals surface area contributed by atoms with Crippen molar-refractivity contribution < 1.29 is 4.74 Å². The zero-order valence-electron chi connectivity index (χ0n) is 13.2. The minimum Gasteiger partial charge on any atom is -0.461 e. The van der Waals surface area contributed by atoms with E-state index in [-0.39, 0.29) is 6.10 Å². The Balaban J connectivity index is 2.79. The summed E-state index contributed by atoms with van der Waals surface area (Å²) in [6.07, 6.45) is 2.33. The Morgan fingerprint density at radius 3 is 2.05 bits per heavy atom. The van der Waals surface area contributed by atoms with E-state index >= 15 is 0 Å². The van der Waals surface area contributed by atoms with E-state index in [2.05, 4.69) is 39.4 Å². The molecule has 0 saturated carbocycles. The van der Waals surface area contributed by atoms with Gasteiger partial charge in [-0.1, -0.05) is 26.7 Å². The molecule has 0 fully saturated rings. The Hall–Kier alpha value is -1.59. The van der Waals surface area contributed by atoms with Gasteiger partial charge < -0.3 is 15.4 Å². The molecular weight excluding hydrogens is 254 g/mol. The van der Waals surface area contributed by atoms with Gasteiger partial charge in [-0.3, -0.25) is 0 Å². The molecule has 0 aromatic carbocycles. The van der Waals surface area contributed by atoms with Gasteiger partial charge in [0, 0.05) is 13.1 Å². The standard InChI is InChI=1S/C14H27N5O/c1-6-11(7-2)9-16-13-17-12(15-8-3)18-14(19-13)20-10(4)5/h10-11H,6-9H2,1-5H3,(H2,15,16,17,18,19). The number of aromatic nitrogens is 3. The predicted molar refractivity (Wildman–Crippen MR) is 82.3 cm³/mol. The van der Waals surface area contributed by atoms with Crippen molar-refractivity contribution in [3.8, 4) is 6.01 Å². The highest BCUT2D eigenvalue weighted by molar-refractivity contribution is 5.35. The molecule has 0 aliphatic carbocycles. The van der Waals surface area contributed by atoms with Crippen molar-refractivity contribution in [3.05, 3.63) is 0 Å². The van der Waals surface area contributed by atoms with Crippen LogP contribution in [-0.4, -0.2) is 34.1 Å². The first-order valence-corrected chi connectivity index (χ1v) is 7.49. The van der Waals surface area contributed by atoms with Crippen LogP contribution in [0.5, 0.6) is 6.01 Å². The van der Waals surface area contributed by atoms with Crippen molar-refractivity contribution in [1.29, 1.82) is 0 Å². The normalized spacial score (nSPS) is 10.9. The van der Waals surface area contributed by atoms with E-state index in [9.17, 15) is 0 Å². The van der Waals surface area contributed by atoms with Gasteiger partial charge in [-0.2, -0.15) is 15.0 Å². The quantitative estimate of drug-likeness (QED) is 0.725. The summed E-state index contributed by atoms with van der Waals surface area (Å²) in [6, 6.07) is 0.359. The molecule has 0 aliphatic rings. The maximum Gasteiger partial charge on any atom is 0.323 e. The smallest absolute Gasteiger partial charge is 0.323 e. The van der Waals surface area contributed by atoms with Crippen LogP contribution in [0.1, 0.15) is 47.5 Å². The van der Waals surface area contributed by atoms with Crippen LogP contribution in [0.3, 0.4) is 0 Å². The minimum atomic E-state index is 0.0405. The topological polar surface area (TPSA) is 72.0 Å². The first-order chi connectivity index (χ1) is 9.58. The third-order valence-corrected chi connectivity index (χ3v) is 2.99. The molecule has 0 bridgehead atoms. The number of nitrogens with zero attached hydrogens (tertiary/aromatic N) is 3. The fourth-order valence-corrected chi connectivity index (χ4v) is 1.75. The number of nitrogens with one attached hydrogen (secondary N) is 2. The molecule has 0 radical (unpaired) electrons. The predicted octanol–water partition coefficient (Wildman–Crippen LogP) is 2.94. The summed E-state index contributed by atoms with van der Waals surface area (Å²) in [5.41, 5.74) is 0. The Morgan fingerprint density at radius 1 is 0.950 bits per heavy atom. The molecule has 0 aliphatic heterocycles. The second-order valence-corrected chi connectivity index (χ2v) is 5.03. The van der Waals surface area contributed by atoms with E-state index in [0.717, 1.165) is 25.9 Å². The minimum absolute atomic E-state index is 0.0405. The Labute approximate surface area is 121 Å². The Kier molecular flexibility index (Phi) is 7.04. The molecule has 0 amide bonds. The molecule has 6 nitrogen and oxygen atoms in total. The highest BCUT2D eigenvalue weighted by Crippen LogP contribution is 2.14. The average molecular weight is 281 g/mol. The van der Waals surface area contributed by atoms with E-state index in [1.165, 1.54) is 0 Å². The van der Waals surface area contributed by atoms with Gasteiger partial charge in [-0.25, -0.2) is 0 Å². The van der Waals surface area contributed by atoms with Gasteiger partial charge in [-0.15, -0.1) is 0 Å². The van der Waals surface area contributed by atoms with Crippen molar-refractivity contribution >= 4 is 11.9 Å². The fraction of sp³-hybridized carbons (Fsp3) is 0.786. The molecule has 0 saturated heterocycles. The molecular formula is C14H27N5O. The zero-order valence-corrected chi connectivity index (χ0v) is 13.2. The van der Waals surface area contributed by atoms with Gasteiger partial charge in [0.2, 0.25) is 11.9 Å². The maximum atomic E-state index is 5.56. The number of anilines is 2. The number of hydrogen-bond donors (Lipinski definition) is 2. The summed E-state index contributed by atoms with van der Waals surface area (Å²) in [4.78, 5) is 12.9. The van der Waals surface area contributed by atoms with Crippen LogP contribution in [0.4, 0.5) is 11.9 Å². The van der Waals surface area contributed by atoms with Gasteiger partial charge in [0.05, 0.1) is 6.10 Å². The van der Waals surface area contributed by atoms with Crippen molar-refractivity contribution in [2.75, 3.05) is 23.7 Å². The first-order valence-electron chi connectivity index (χ1n) is 7.49. The summed E-state index contributed by atoms with van der Waals surface area (Å²) < 4.78 is 5.56. The third kappa shape index (κ3) is 5.59. The molecule has 114 valence electrons. The monoisotopic (exact) mass is 281 g/mol. The van der Waals surface area contributed by atoms with E-state index in [1.807, 2.05) is 20.8 Å². The third-order valence-electron chi connectivity index (χ3n) is 2.99. The van der Waals surface area contributed by atoms with Gasteiger partial charge in [0.1, 0.15) is 0 Å². The van der Waals surface area contributed by atoms with E-state index in [1.54, 1.807) is 0 Å². The van der Waals surface area contributed by atoms with Crippen LogP contribution in [0.2, 0.25) is 0 Å². The zero-order chi connectivity index (χ0) is 15.0. The molecule has 1 heterocycles. The summed E-state index contributed by atoms with van der Waals surface area (Å²) in [6.45, 7) is 11.9. The number of ether oxygens (including phenoxy) is 1. The van der Waals surface area contributed by atoms with Crippen molar-refractivity contribution in [2.45, 2.75) is 53.6 Å². The lowest BCUT2D eigenvalue weighted by atomic mass is 10.0. The van der Waals surface area contributed by atoms with Crippen LogP contribution in [-0.2, 0) is 0 Å². The lowest BCUT2D eigenvalue weighted by Gasteiger charge is -2.15. The molecule has 6 heteroatoms. The SMILES string of the molecule is CCNc1nc(NCC(CC)CC)nc(OC(C)C)n1. The molecule has 2 N–H and O–H groups in total. The number of hydrogen-bond acceptors (Lipinski definition) is 6. The first kappa shape index (κ1) is 16.5. The maximum absolute atomic E-state index is 5.56. The summed E-state index contributed by atoms with van der Waals surface area (Å²) in [5.74, 6) is 1.74. The second-order valence-electron chi connectivity index (χ2n) is 5.03. The molecule has 0 unspecified atom stereocenters. The van der Waals surface area contributed by atoms with Crippen molar-refractivity contribution in [2.24, 2.45) is 5.92 Å². The summed E-state index contributed by atoms with van der Waals surface area (Å²) in [5, 5.41) is 6.37. The second kappa shape index (κ2) is 8.55. The van der Waals surface area contributed by atoms with E-state index in [4.69, 9.17) is 4.74 Å². The average Bonchev–Trinajstić information content (AvgIpc) is 2.39. The van der Waals surface area contributed by atoms with Crippen LogP contribution >= 0.6 is 0 Å². The highest BCUT2D eigenvalue weighted by Gasteiger charge is 2.10. The van der Waals surface area contributed by atoms with Crippen molar-refractivity contribution in [3.63, 3.8) is 0 Å². The molecule has 0 spiro atoms. The van der Waals surface area contributed by atoms with Crippen LogP contribution in [0, 0.1) is 5.92 Å². The van der Waals surface area contributed by atoms with E-state index < -0.39 is 0 Å². The molecule has 0 atom stereocenters. The molecule has 1 rings (SSSR count). The van der Waals surface area contributed by atoms with Gasteiger partial charge in [-0.05, 0) is 26.7 Å². The molecule has 1 aromatic heterocycles. The number of rotatable bonds is 9. The van der Waals surface area contributed by atoms with Crippen LogP contribution in [0.25, 0.3) is 0 Å². The lowest BCUT2D eigenvalue weighted by molar-refractivity contribution is 0.222. The largest absolute Gasteiger partial charge is 0.461 e.